The lowest BCUT2D eigenvalue weighted by Gasteiger charge is -2.26. The third kappa shape index (κ3) is 2.37. The van der Waals surface area contributed by atoms with Crippen LogP contribution < -0.4 is 5.32 Å². The maximum atomic E-state index is 11.2. The molecule has 70 valence electrons. The Balaban J connectivity index is 2.43. The van der Waals surface area contributed by atoms with Gasteiger partial charge in [0.05, 0.1) is 0 Å². The Bertz CT molecular complexity index is 185. The zero-order valence-electron chi connectivity index (χ0n) is 7.86. The van der Waals surface area contributed by atoms with Gasteiger partial charge in [0.2, 0.25) is 5.91 Å². The summed E-state index contributed by atoms with van der Waals surface area (Å²) >= 11 is 5.65. The standard InChI is InChI=1S/C9H16ClNO/c1-6(10)8(12)11-9(2,3)7-4-5-7/h6-7H,4-5H2,1-3H3,(H,11,12). The number of hydrogen-bond acceptors (Lipinski definition) is 1. The van der Waals surface area contributed by atoms with Gasteiger partial charge in [0.25, 0.3) is 0 Å². The van der Waals surface area contributed by atoms with Gasteiger partial charge in [0.15, 0.2) is 0 Å². The summed E-state index contributed by atoms with van der Waals surface area (Å²) in [6.07, 6.45) is 2.45. The molecule has 1 rings (SSSR count). The second-order valence-electron chi connectivity index (χ2n) is 4.10. The van der Waals surface area contributed by atoms with Crippen LogP contribution in [-0.2, 0) is 4.79 Å². The van der Waals surface area contributed by atoms with Gasteiger partial charge in [-0.2, -0.15) is 0 Å². The third-order valence-electron chi connectivity index (χ3n) is 2.40. The smallest absolute Gasteiger partial charge is 0.238 e. The largest absolute Gasteiger partial charge is 0.350 e. The molecule has 1 saturated carbocycles. The molecule has 1 amide bonds. The molecule has 0 heterocycles. The fraction of sp³-hybridized carbons (Fsp3) is 0.889. The fourth-order valence-electron chi connectivity index (χ4n) is 1.32. The van der Waals surface area contributed by atoms with E-state index in [1.807, 2.05) is 0 Å². The van der Waals surface area contributed by atoms with Crippen molar-refractivity contribution >= 4 is 17.5 Å². The van der Waals surface area contributed by atoms with Gasteiger partial charge in [-0.1, -0.05) is 0 Å². The SMILES string of the molecule is CC(Cl)C(=O)NC(C)(C)C1CC1. The molecule has 2 nitrogen and oxygen atoms in total. The minimum atomic E-state index is -0.428. The van der Waals surface area contributed by atoms with Crippen molar-refractivity contribution in [1.29, 1.82) is 0 Å². The molecule has 1 N–H and O–H groups in total. The van der Waals surface area contributed by atoms with Crippen molar-refractivity contribution in [3.8, 4) is 0 Å². The van der Waals surface area contributed by atoms with Crippen LogP contribution in [0.4, 0.5) is 0 Å². The molecule has 0 spiro atoms. The first kappa shape index (κ1) is 9.85. The molecule has 0 aromatic rings. The first-order chi connectivity index (χ1) is 5.43. The van der Waals surface area contributed by atoms with E-state index in [4.69, 9.17) is 11.6 Å². The predicted molar refractivity (Wildman–Crippen MR) is 50.3 cm³/mol. The molecule has 0 bridgehead atoms. The molecule has 1 fully saturated rings. The lowest BCUT2D eigenvalue weighted by atomic mass is 9.99. The lowest BCUT2D eigenvalue weighted by molar-refractivity contribution is -0.122. The average Bonchev–Trinajstić information content (AvgIpc) is 2.65. The lowest BCUT2D eigenvalue weighted by Crippen LogP contribution is -2.47. The Kier molecular flexibility index (Phi) is 2.67. The topological polar surface area (TPSA) is 29.1 Å². The van der Waals surface area contributed by atoms with Crippen LogP contribution in [0.25, 0.3) is 0 Å². The van der Waals surface area contributed by atoms with Crippen LogP contribution in [0.15, 0.2) is 0 Å². The van der Waals surface area contributed by atoms with Crippen molar-refractivity contribution < 1.29 is 4.79 Å². The molecule has 0 radical (unpaired) electrons. The van der Waals surface area contributed by atoms with E-state index in [1.165, 1.54) is 12.8 Å². The van der Waals surface area contributed by atoms with Gasteiger partial charge in [0.1, 0.15) is 5.38 Å². The molecule has 12 heavy (non-hydrogen) atoms. The monoisotopic (exact) mass is 189 g/mol. The molecule has 0 aromatic heterocycles. The predicted octanol–water partition coefficient (Wildman–Crippen LogP) is 1.92. The zero-order chi connectivity index (χ0) is 9.35. The number of nitrogens with one attached hydrogen (secondary N) is 1. The maximum absolute atomic E-state index is 11.2. The third-order valence-corrected chi connectivity index (χ3v) is 2.60. The van der Waals surface area contributed by atoms with Crippen LogP contribution in [0.2, 0.25) is 0 Å². The van der Waals surface area contributed by atoms with Crippen molar-refractivity contribution in [3.05, 3.63) is 0 Å². The summed E-state index contributed by atoms with van der Waals surface area (Å²) < 4.78 is 0. The number of halogens is 1. The van der Waals surface area contributed by atoms with Crippen LogP contribution in [0.1, 0.15) is 33.6 Å². The molecule has 1 aliphatic rings. The van der Waals surface area contributed by atoms with Crippen LogP contribution in [0.3, 0.4) is 0 Å². The van der Waals surface area contributed by atoms with E-state index < -0.39 is 5.38 Å². The molecule has 1 unspecified atom stereocenters. The van der Waals surface area contributed by atoms with Crippen LogP contribution >= 0.6 is 11.6 Å². The summed E-state index contributed by atoms with van der Waals surface area (Å²) in [7, 11) is 0. The van der Waals surface area contributed by atoms with E-state index in [2.05, 4.69) is 19.2 Å². The normalized spacial score (nSPS) is 20.3. The Morgan fingerprint density at radius 1 is 1.58 bits per heavy atom. The summed E-state index contributed by atoms with van der Waals surface area (Å²) in [5.41, 5.74) is -0.0692. The zero-order valence-corrected chi connectivity index (χ0v) is 8.61. The highest BCUT2D eigenvalue weighted by molar-refractivity contribution is 6.30. The van der Waals surface area contributed by atoms with Crippen molar-refractivity contribution in [2.24, 2.45) is 5.92 Å². The average molecular weight is 190 g/mol. The number of hydrogen-bond donors (Lipinski definition) is 1. The maximum Gasteiger partial charge on any atom is 0.238 e. The Morgan fingerprint density at radius 2 is 2.08 bits per heavy atom. The minimum Gasteiger partial charge on any atom is -0.350 e. The second kappa shape index (κ2) is 3.25. The van der Waals surface area contributed by atoms with Gasteiger partial charge in [0, 0.05) is 5.54 Å². The van der Waals surface area contributed by atoms with Crippen LogP contribution in [0.5, 0.6) is 0 Å². The molecular weight excluding hydrogens is 174 g/mol. The van der Waals surface area contributed by atoms with Crippen molar-refractivity contribution in [1.82, 2.24) is 5.32 Å². The number of amides is 1. The van der Waals surface area contributed by atoms with Gasteiger partial charge >= 0.3 is 0 Å². The number of carbonyl (C=O) groups excluding carboxylic acids is 1. The van der Waals surface area contributed by atoms with Gasteiger partial charge in [-0.3, -0.25) is 4.79 Å². The first-order valence-electron chi connectivity index (χ1n) is 4.39. The number of alkyl halides is 1. The van der Waals surface area contributed by atoms with Crippen LogP contribution in [0, 0.1) is 5.92 Å². The highest BCUT2D eigenvalue weighted by atomic mass is 35.5. The van der Waals surface area contributed by atoms with Gasteiger partial charge in [-0.15, -0.1) is 11.6 Å². The van der Waals surface area contributed by atoms with E-state index in [-0.39, 0.29) is 11.4 Å². The Hall–Kier alpha value is -0.240. The van der Waals surface area contributed by atoms with Crippen molar-refractivity contribution in [3.63, 3.8) is 0 Å². The molecule has 1 atom stereocenters. The van der Waals surface area contributed by atoms with E-state index in [1.54, 1.807) is 6.92 Å². The van der Waals surface area contributed by atoms with E-state index in [9.17, 15) is 4.79 Å². The summed E-state index contributed by atoms with van der Waals surface area (Å²) in [6, 6.07) is 0. The van der Waals surface area contributed by atoms with Gasteiger partial charge in [-0.25, -0.2) is 0 Å². The van der Waals surface area contributed by atoms with Gasteiger partial charge in [-0.05, 0) is 39.5 Å². The van der Waals surface area contributed by atoms with Crippen molar-refractivity contribution in [2.75, 3.05) is 0 Å². The quantitative estimate of drug-likeness (QED) is 0.676. The van der Waals surface area contributed by atoms with Crippen molar-refractivity contribution in [2.45, 2.75) is 44.5 Å². The Labute approximate surface area is 78.7 Å². The molecule has 3 heteroatoms. The van der Waals surface area contributed by atoms with E-state index in [0.29, 0.717) is 5.92 Å². The summed E-state index contributed by atoms with van der Waals surface area (Å²) in [4.78, 5) is 11.2. The Morgan fingerprint density at radius 3 is 2.42 bits per heavy atom. The molecule has 0 aliphatic heterocycles. The highest BCUT2D eigenvalue weighted by Crippen LogP contribution is 2.39. The number of carbonyl (C=O) groups is 1. The van der Waals surface area contributed by atoms with E-state index >= 15 is 0 Å². The first-order valence-corrected chi connectivity index (χ1v) is 4.83. The molecule has 0 saturated heterocycles. The molecule has 1 aliphatic carbocycles. The summed E-state index contributed by atoms with van der Waals surface area (Å²) in [5, 5.41) is 2.52. The molecular formula is C9H16ClNO. The summed E-state index contributed by atoms with van der Waals surface area (Å²) in [5.74, 6) is 0.588. The second-order valence-corrected chi connectivity index (χ2v) is 4.76. The van der Waals surface area contributed by atoms with Gasteiger partial charge < -0.3 is 5.32 Å². The minimum absolute atomic E-state index is 0.0615. The highest BCUT2D eigenvalue weighted by Gasteiger charge is 2.39. The fourth-order valence-corrected chi connectivity index (χ4v) is 1.38. The van der Waals surface area contributed by atoms with Crippen LogP contribution in [-0.4, -0.2) is 16.8 Å². The number of rotatable bonds is 3. The summed E-state index contributed by atoms with van der Waals surface area (Å²) in [6.45, 7) is 5.81. The van der Waals surface area contributed by atoms with E-state index in [0.717, 1.165) is 0 Å². The molecule has 0 aromatic carbocycles.